The summed E-state index contributed by atoms with van der Waals surface area (Å²) in [6.07, 6.45) is 3.37. The molecule has 0 aromatic heterocycles. The Labute approximate surface area is 212 Å². The van der Waals surface area contributed by atoms with Crippen LogP contribution in [0.4, 0.5) is 0 Å². The summed E-state index contributed by atoms with van der Waals surface area (Å²) in [5.41, 5.74) is 5.08. The van der Waals surface area contributed by atoms with Gasteiger partial charge >= 0.3 is 0 Å². The molecule has 0 unspecified atom stereocenters. The summed E-state index contributed by atoms with van der Waals surface area (Å²) in [5, 5.41) is 21.1. The van der Waals surface area contributed by atoms with Crippen LogP contribution in [-0.4, -0.2) is 62.5 Å². The van der Waals surface area contributed by atoms with E-state index in [0.29, 0.717) is 24.4 Å². The molecule has 2 aliphatic heterocycles. The lowest BCUT2D eigenvalue weighted by Gasteiger charge is -2.55. The van der Waals surface area contributed by atoms with Gasteiger partial charge in [0.15, 0.2) is 0 Å². The monoisotopic (exact) mass is 485 g/mol. The number of carbonyl (C=O) groups is 1. The molecule has 0 spiro atoms. The van der Waals surface area contributed by atoms with Crippen molar-refractivity contribution in [3.63, 3.8) is 0 Å². The van der Waals surface area contributed by atoms with Crippen molar-refractivity contribution in [3.8, 4) is 0 Å². The van der Waals surface area contributed by atoms with Gasteiger partial charge in [0, 0.05) is 45.5 Å². The molecule has 0 radical (unpaired) electrons. The first-order valence-electron chi connectivity index (χ1n) is 12.8. The van der Waals surface area contributed by atoms with Gasteiger partial charge in [0.2, 0.25) is 0 Å². The largest absolute Gasteiger partial charge is 0.382 e. The molecule has 1 aromatic rings. The second kappa shape index (κ2) is 9.51. The van der Waals surface area contributed by atoms with Crippen molar-refractivity contribution in [1.82, 2.24) is 26.1 Å². The van der Waals surface area contributed by atoms with Crippen molar-refractivity contribution in [1.29, 1.82) is 0 Å². The van der Waals surface area contributed by atoms with E-state index in [1.54, 1.807) is 0 Å². The summed E-state index contributed by atoms with van der Waals surface area (Å²) >= 11 is 0. The highest BCUT2D eigenvalue weighted by molar-refractivity contribution is 5.94. The summed E-state index contributed by atoms with van der Waals surface area (Å²) in [6.45, 7) is 21.4. The summed E-state index contributed by atoms with van der Waals surface area (Å²) in [5.74, 6) is -0.0824. The smallest absolute Gasteiger partial charge is 0.251 e. The zero-order chi connectivity index (χ0) is 26.4. The molecule has 0 aliphatic carbocycles. The van der Waals surface area contributed by atoms with Gasteiger partial charge in [-0.2, -0.15) is 5.06 Å². The van der Waals surface area contributed by atoms with Gasteiger partial charge in [-0.25, -0.2) is 5.01 Å². The van der Waals surface area contributed by atoms with E-state index in [2.05, 4.69) is 55.3 Å². The zero-order valence-corrected chi connectivity index (χ0v) is 23.2. The van der Waals surface area contributed by atoms with Crippen molar-refractivity contribution >= 4 is 11.6 Å². The Morgan fingerprint density at radius 1 is 0.800 bits per heavy atom. The molecule has 3 rings (SSSR count). The van der Waals surface area contributed by atoms with Gasteiger partial charge in [0.1, 0.15) is 0 Å². The standard InChI is InChI=1S/C28H47N5O2/c1-19(30-22-15-25(2,3)32(29-10)26(4,5)16-22)20-11-13-21(14-12-20)24(34)31-23-17-27(6,7)33(35)28(8,9)18-23/h11-14,22-23,29-30,35H,1,15-18H2,2-10H3,(H,31,34). The third kappa shape index (κ3) is 5.91. The third-order valence-corrected chi connectivity index (χ3v) is 7.77. The Kier molecular flexibility index (Phi) is 7.51. The lowest BCUT2D eigenvalue weighted by molar-refractivity contribution is -0.245. The van der Waals surface area contributed by atoms with Gasteiger partial charge in [-0.15, -0.1) is 0 Å². The number of benzene rings is 1. The fourth-order valence-electron chi connectivity index (χ4n) is 6.78. The normalized spacial score (nSPS) is 24.6. The maximum Gasteiger partial charge on any atom is 0.251 e. The van der Waals surface area contributed by atoms with Crippen LogP contribution >= 0.6 is 0 Å². The first kappa shape index (κ1) is 27.7. The number of hydrogen-bond acceptors (Lipinski definition) is 6. The summed E-state index contributed by atoms with van der Waals surface area (Å²) in [7, 11) is 1.99. The highest BCUT2D eigenvalue weighted by Gasteiger charge is 2.46. The topological polar surface area (TPSA) is 79.9 Å². The molecule has 2 heterocycles. The summed E-state index contributed by atoms with van der Waals surface area (Å²) in [6, 6.07) is 7.98. The van der Waals surface area contributed by atoms with Crippen LogP contribution in [0.3, 0.4) is 0 Å². The minimum absolute atomic E-state index is 0.00222. The van der Waals surface area contributed by atoms with Crippen molar-refractivity contribution in [2.45, 2.75) is 115 Å². The number of hydrogen-bond donors (Lipinski definition) is 4. The number of hydroxylamine groups is 2. The predicted octanol–water partition coefficient (Wildman–Crippen LogP) is 4.54. The molecule has 0 atom stereocenters. The fourth-order valence-corrected chi connectivity index (χ4v) is 6.78. The average Bonchev–Trinajstić information content (AvgIpc) is 2.70. The molecule has 2 saturated heterocycles. The Balaban J connectivity index is 1.63. The summed E-state index contributed by atoms with van der Waals surface area (Å²) < 4.78 is 0. The van der Waals surface area contributed by atoms with Crippen molar-refractivity contribution in [3.05, 3.63) is 42.0 Å². The molecular formula is C28H47N5O2. The molecule has 2 fully saturated rings. The number of hydrazine groups is 1. The predicted molar refractivity (Wildman–Crippen MR) is 143 cm³/mol. The van der Waals surface area contributed by atoms with E-state index in [1.165, 1.54) is 5.06 Å². The molecule has 2 aliphatic rings. The van der Waals surface area contributed by atoms with E-state index in [4.69, 9.17) is 0 Å². The van der Waals surface area contributed by atoms with E-state index in [-0.39, 0.29) is 23.0 Å². The molecule has 7 nitrogen and oxygen atoms in total. The second-order valence-corrected chi connectivity index (χ2v) is 13.0. The SMILES string of the molecule is C=C(NC1CC(C)(C)N(NC)C(C)(C)C1)c1ccc(C(=O)NC2CC(C)(C)N(O)C(C)(C)C2)cc1. The Hall–Kier alpha value is -1.93. The molecule has 1 aromatic carbocycles. The van der Waals surface area contributed by atoms with E-state index in [9.17, 15) is 10.0 Å². The van der Waals surface area contributed by atoms with Crippen molar-refractivity contribution in [2.24, 2.45) is 0 Å². The minimum atomic E-state index is -0.403. The first-order chi connectivity index (χ1) is 16.0. The minimum Gasteiger partial charge on any atom is -0.382 e. The van der Waals surface area contributed by atoms with Crippen LogP contribution < -0.4 is 16.1 Å². The number of rotatable bonds is 6. The number of amides is 1. The maximum absolute atomic E-state index is 13.0. The Morgan fingerprint density at radius 2 is 1.20 bits per heavy atom. The van der Waals surface area contributed by atoms with Gasteiger partial charge in [-0.3, -0.25) is 10.2 Å². The van der Waals surface area contributed by atoms with Crippen LogP contribution in [0.1, 0.15) is 97.0 Å². The molecule has 0 bridgehead atoms. The number of piperidine rings is 2. The average molecular weight is 486 g/mol. The van der Waals surface area contributed by atoms with Crippen molar-refractivity contribution in [2.75, 3.05) is 7.05 Å². The van der Waals surface area contributed by atoms with Gasteiger partial charge < -0.3 is 15.8 Å². The van der Waals surface area contributed by atoms with E-state index in [0.717, 1.165) is 24.1 Å². The molecule has 7 heteroatoms. The van der Waals surface area contributed by atoms with Gasteiger partial charge in [0.25, 0.3) is 5.91 Å². The van der Waals surface area contributed by atoms with Crippen LogP contribution in [0.25, 0.3) is 5.70 Å². The van der Waals surface area contributed by atoms with Crippen molar-refractivity contribution < 1.29 is 10.0 Å². The van der Waals surface area contributed by atoms with Gasteiger partial charge in [-0.1, -0.05) is 18.7 Å². The molecule has 1 amide bonds. The van der Waals surface area contributed by atoms with Gasteiger partial charge in [-0.05, 0) is 106 Å². The molecule has 0 saturated carbocycles. The molecule has 196 valence electrons. The lowest BCUT2D eigenvalue weighted by atomic mass is 9.78. The maximum atomic E-state index is 13.0. The Bertz CT molecular complexity index is 899. The first-order valence-corrected chi connectivity index (χ1v) is 12.8. The number of nitrogens with one attached hydrogen (secondary N) is 3. The Morgan fingerprint density at radius 3 is 1.66 bits per heavy atom. The van der Waals surface area contributed by atoms with Crippen LogP contribution in [0.5, 0.6) is 0 Å². The number of nitrogens with zero attached hydrogens (tertiary/aromatic N) is 2. The highest BCUT2D eigenvalue weighted by Crippen LogP contribution is 2.38. The van der Waals surface area contributed by atoms with E-state index >= 15 is 0 Å². The van der Waals surface area contributed by atoms with Crippen LogP contribution in [0.2, 0.25) is 0 Å². The van der Waals surface area contributed by atoms with Crippen LogP contribution in [0, 0.1) is 0 Å². The third-order valence-electron chi connectivity index (χ3n) is 7.77. The summed E-state index contributed by atoms with van der Waals surface area (Å²) in [4.78, 5) is 13.0. The number of carbonyl (C=O) groups excluding carboxylic acids is 1. The van der Waals surface area contributed by atoms with E-state index < -0.39 is 11.1 Å². The molecular weight excluding hydrogens is 438 g/mol. The quantitative estimate of drug-likeness (QED) is 0.474. The second-order valence-electron chi connectivity index (χ2n) is 13.0. The fraction of sp³-hybridized carbons (Fsp3) is 0.679. The van der Waals surface area contributed by atoms with E-state index in [1.807, 2.05) is 59.0 Å². The molecule has 35 heavy (non-hydrogen) atoms. The van der Waals surface area contributed by atoms with Crippen LogP contribution in [0.15, 0.2) is 30.8 Å². The highest BCUT2D eigenvalue weighted by atomic mass is 16.5. The zero-order valence-electron chi connectivity index (χ0n) is 23.2. The lowest BCUT2D eigenvalue weighted by Crippen LogP contribution is -2.67. The van der Waals surface area contributed by atoms with Gasteiger partial charge in [0.05, 0.1) is 0 Å². The van der Waals surface area contributed by atoms with Crippen LogP contribution in [-0.2, 0) is 0 Å². The molecule has 4 N–H and O–H groups in total.